The molecule has 0 saturated heterocycles. The number of hydrogen-bond donors (Lipinski definition) is 1. The second kappa shape index (κ2) is 3.73. The molecule has 0 spiro atoms. The lowest BCUT2D eigenvalue weighted by molar-refractivity contribution is 0.133. The number of nitrogens with zero attached hydrogens (tertiary/aromatic N) is 2. The van der Waals surface area contributed by atoms with Gasteiger partial charge < -0.3 is 9.67 Å². The van der Waals surface area contributed by atoms with Crippen LogP contribution in [0, 0.1) is 5.92 Å². The maximum Gasteiger partial charge on any atom is 0.137 e. The van der Waals surface area contributed by atoms with Crippen molar-refractivity contribution in [3.05, 3.63) is 17.7 Å². The number of aromatic nitrogens is 2. The molecule has 1 aromatic rings. The molecule has 0 fully saturated rings. The lowest BCUT2D eigenvalue weighted by atomic mass is 10.1. The van der Waals surface area contributed by atoms with Crippen LogP contribution >= 0.6 is 0 Å². The van der Waals surface area contributed by atoms with Crippen LogP contribution in [0.4, 0.5) is 0 Å². The first-order valence-corrected chi connectivity index (χ1v) is 5.41. The number of aliphatic hydroxyl groups excluding tert-OH is 1. The average molecular weight is 194 g/mol. The van der Waals surface area contributed by atoms with Crippen molar-refractivity contribution in [2.24, 2.45) is 5.92 Å². The highest BCUT2D eigenvalue weighted by Crippen LogP contribution is 2.24. The van der Waals surface area contributed by atoms with Gasteiger partial charge in [-0.25, -0.2) is 4.98 Å². The molecular weight excluding hydrogens is 176 g/mol. The molecule has 0 radical (unpaired) electrons. The van der Waals surface area contributed by atoms with Gasteiger partial charge in [0.1, 0.15) is 11.9 Å². The van der Waals surface area contributed by atoms with E-state index in [4.69, 9.17) is 0 Å². The molecule has 1 unspecified atom stereocenters. The minimum absolute atomic E-state index is 0.343. The molecule has 0 bridgehead atoms. The van der Waals surface area contributed by atoms with Crippen molar-refractivity contribution < 1.29 is 5.11 Å². The molecule has 1 aromatic heterocycles. The molecule has 0 amide bonds. The van der Waals surface area contributed by atoms with Crippen LogP contribution in [0.25, 0.3) is 0 Å². The maximum atomic E-state index is 9.73. The van der Waals surface area contributed by atoms with Crippen molar-refractivity contribution in [2.45, 2.75) is 45.8 Å². The van der Waals surface area contributed by atoms with Gasteiger partial charge in [-0.05, 0) is 25.2 Å². The molecule has 0 saturated carbocycles. The summed E-state index contributed by atoms with van der Waals surface area (Å²) >= 11 is 0. The third-order valence-corrected chi connectivity index (χ3v) is 2.65. The predicted octanol–water partition coefficient (Wildman–Crippen LogP) is 1.91. The number of fused-ring (bicyclic) bond motifs is 1. The largest absolute Gasteiger partial charge is 0.385 e. The van der Waals surface area contributed by atoms with Crippen LogP contribution in [0.1, 0.15) is 44.3 Å². The van der Waals surface area contributed by atoms with Gasteiger partial charge >= 0.3 is 0 Å². The highest BCUT2D eigenvalue weighted by molar-refractivity contribution is 5.08. The zero-order chi connectivity index (χ0) is 10.1. The van der Waals surface area contributed by atoms with E-state index in [1.807, 2.05) is 0 Å². The molecule has 14 heavy (non-hydrogen) atoms. The lowest BCUT2D eigenvalue weighted by Gasteiger charge is -2.18. The number of aryl methyl sites for hydroxylation is 1. The van der Waals surface area contributed by atoms with Crippen LogP contribution in [-0.2, 0) is 13.0 Å². The molecule has 3 nitrogen and oxygen atoms in total. The van der Waals surface area contributed by atoms with Crippen LogP contribution in [0.5, 0.6) is 0 Å². The zero-order valence-electron chi connectivity index (χ0n) is 8.90. The van der Waals surface area contributed by atoms with Gasteiger partial charge in [-0.1, -0.05) is 13.8 Å². The number of hydrogen-bond acceptors (Lipinski definition) is 2. The summed E-state index contributed by atoms with van der Waals surface area (Å²) in [6.45, 7) is 5.39. The standard InChI is InChI=1S/C11H18N2O/c1-8(2)6-9-7-13-5-3-4-10(14)11(13)12-9/h7-8,10,14H,3-6H2,1-2H3. The number of imidazole rings is 1. The molecule has 1 atom stereocenters. The summed E-state index contributed by atoms with van der Waals surface area (Å²) in [5, 5.41) is 9.73. The fourth-order valence-electron chi connectivity index (χ4n) is 2.03. The second-order valence-corrected chi connectivity index (χ2v) is 4.54. The predicted molar refractivity (Wildman–Crippen MR) is 55.0 cm³/mol. The Morgan fingerprint density at radius 2 is 2.43 bits per heavy atom. The van der Waals surface area contributed by atoms with E-state index in [-0.39, 0.29) is 6.10 Å². The number of rotatable bonds is 2. The third kappa shape index (κ3) is 1.82. The highest BCUT2D eigenvalue weighted by Gasteiger charge is 2.20. The Hall–Kier alpha value is -0.830. The Balaban J connectivity index is 2.21. The zero-order valence-corrected chi connectivity index (χ0v) is 8.90. The summed E-state index contributed by atoms with van der Waals surface area (Å²) in [5.74, 6) is 1.50. The second-order valence-electron chi connectivity index (χ2n) is 4.54. The van der Waals surface area contributed by atoms with Crippen LogP contribution < -0.4 is 0 Å². The van der Waals surface area contributed by atoms with E-state index in [0.29, 0.717) is 5.92 Å². The Morgan fingerprint density at radius 3 is 3.07 bits per heavy atom. The minimum Gasteiger partial charge on any atom is -0.385 e. The highest BCUT2D eigenvalue weighted by atomic mass is 16.3. The third-order valence-electron chi connectivity index (χ3n) is 2.65. The van der Waals surface area contributed by atoms with Crippen LogP contribution in [0.3, 0.4) is 0 Å². The summed E-state index contributed by atoms with van der Waals surface area (Å²) < 4.78 is 2.10. The first-order valence-electron chi connectivity index (χ1n) is 5.41. The van der Waals surface area contributed by atoms with Gasteiger partial charge in [-0.3, -0.25) is 0 Å². The topological polar surface area (TPSA) is 38.0 Å². The van der Waals surface area contributed by atoms with Gasteiger partial charge in [0.2, 0.25) is 0 Å². The molecule has 0 aliphatic carbocycles. The fraction of sp³-hybridized carbons (Fsp3) is 0.727. The van der Waals surface area contributed by atoms with E-state index in [0.717, 1.165) is 37.3 Å². The monoisotopic (exact) mass is 194 g/mol. The van der Waals surface area contributed by atoms with E-state index in [1.165, 1.54) is 0 Å². The van der Waals surface area contributed by atoms with Gasteiger partial charge in [0.25, 0.3) is 0 Å². The normalized spacial score (nSPS) is 21.3. The van der Waals surface area contributed by atoms with Crippen molar-refractivity contribution in [2.75, 3.05) is 0 Å². The summed E-state index contributed by atoms with van der Waals surface area (Å²) in [6, 6.07) is 0. The van der Waals surface area contributed by atoms with Crippen LogP contribution in [-0.4, -0.2) is 14.7 Å². The summed E-state index contributed by atoms with van der Waals surface area (Å²) in [5.41, 5.74) is 1.12. The van der Waals surface area contributed by atoms with Gasteiger partial charge in [-0.2, -0.15) is 0 Å². The summed E-state index contributed by atoms with van der Waals surface area (Å²) in [7, 11) is 0. The molecule has 1 N–H and O–H groups in total. The van der Waals surface area contributed by atoms with E-state index in [2.05, 4.69) is 29.6 Å². The summed E-state index contributed by atoms with van der Waals surface area (Å²) in [6.07, 6.45) is 4.68. The number of aliphatic hydroxyl groups is 1. The first kappa shape index (κ1) is 9.71. The quantitative estimate of drug-likeness (QED) is 0.781. The molecule has 2 heterocycles. The van der Waals surface area contributed by atoms with E-state index in [1.54, 1.807) is 0 Å². The molecular formula is C11H18N2O. The lowest BCUT2D eigenvalue weighted by Crippen LogP contribution is -2.14. The van der Waals surface area contributed by atoms with Crippen molar-refractivity contribution in [3.8, 4) is 0 Å². The van der Waals surface area contributed by atoms with Crippen LogP contribution in [0.15, 0.2) is 6.20 Å². The Morgan fingerprint density at radius 1 is 1.64 bits per heavy atom. The fourth-order valence-corrected chi connectivity index (χ4v) is 2.03. The van der Waals surface area contributed by atoms with Gasteiger partial charge in [0.05, 0.1) is 5.69 Å². The molecule has 3 heteroatoms. The van der Waals surface area contributed by atoms with Crippen molar-refractivity contribution in [1.82, 2.24) is 9.55 Å². The molecule has 1 aliphatic rings. The van der Waals surface area contributed by atoms with Crippen molar-refractivity contribution in [3.63, 3.8) is 0 Å². The Labute approximate surface area is 84.8 Å². The molecule has 2 rings (SSSR count). The minimum atomic E-state index is -0.343. The van der Waals surface area contributed by atoms with Crippen molar-refractivity contribution >= 4 is 0 Å². The smallest absolute Gasteiger partial charge is 0.137 e. The van der Waals surface area contributed by atoms with Gasteiger partial charge in [0, 0.05) is 12.7 Å². The molecule has 1 aliphatic heterocycles. The van der Waals surface area contributed by atoms with Crippen LogP contribution in [0.2, 0.25) is 0 Å². The maximum absolute atomic E-state index is 9.73. The van der Waals surface area contributed by atoms with E-state index in [9.17, 15) is 5.11 Å². The first-order chi connectivity index (χ1) is 6.66. The average Bonchev–Trinajstić information content (AvgIpc) is 2.47. The SMILES string of the molecule is CC(C)Cc1cn2c(n1)C(O)CCC2. The Bertz CT molecular complexity index is 317. The molecule has 78 valence electrons. The summed E-state index contributed by atoms with van der Waals surface area (Å²) in [4.78, 5) is 4.48. The van der Waals surface area contributed by atoms with E-state index < -0.39 is 0 Å². The van der Waals surface area contributed by atoms with Crippen molar-refractivity contribution in [1.29, 1.82) is 0 Å². The van der Waals surface area contributed by atoms with Gasteiger partial charge in [-0.15, -0.1) is 0 Å². The van der Waals surface area contributed by atoms with Gasteiger partial charge in [0.15, 0.2) is 0 Å². The molecule has 0 aromatic carbocycles. The Kier molecular flexibility index (Phi) is 2.59. The van der Waals surface area contributed by atoms with E-state index >= 15 is 0 Å².